The number of amides is 2. The molecule has 2 aromatic rings. The highest BCUT2D eigenvalue weighted by Gasteiger charge is 2.04. The zero-order chi connectivity index (χ0) is 16.5. The van der Waals surface area contributed by atoms with E-state index < -0.39 is 11.8 Å². The lowest BCUT2D eigenvalue weighted by Crippen LogP contribution is -2.43. The van der Waals surface area contributed by atoms with E-state index in [1.54, 1.807) is 24.3 Å². The lowest BCUT2D eigenvalue weighted by Gasteiger charge is -2.08. The quantitative estimate of drug-likeness (QED) is 0.632. The molecule has 0 radical (unpaired) electrons. The monoisotopic (exact) mass is 314 g/mol. The molecular formula is C17H18N2O4. The summed E-state index contributed by atoms with van der Waals surface area (Å²) < 4.78 is 10.4. The molecule has 6 nitrogen and oxygen atoms in total. The number of benzene rings is 1. The molecule has 0 fully saturated rings. The van der Waals surface area contributed by atoms with E-state index in [1.165, 1.54) is 24.0 Å². The van der Waals surface area contributed by atoms with Crippen LogP contribution in [0.15, 0.2) is 53.2 Å². The minimum atomic E-state index is -0.470. The van der Waals surface area contributed by atoms with Crippen LogP contribution in [-0.4, -0.2) is 18.4 Å². The van der Waals surface area contributed by atoms with Crippen molar-refractivity contribution in [2.45, 2.75) is 13.3 Å². The number of aryl methyl sites for hydroxylation is 1. The summed E-state index contributed by atoms with van der Waals surface area (Å²) in [5.41, 5.74) is 5.70. The fourth-order valence-corrected chi connectivity index (χ4v) is 1.72. The third-order valence-electron chi connectivity index (χ3n) is 2.97. The molecule has 0 saturated heterocycles. The molecule has 1 aromatic heterocycles. The first kappa shape index (κ1) is 16.4. The number of hydrogen-bond donors (Lipinski definition) is 2. The van der Waals surface area contributed by atoms with Crippen LogP contribution in [0.1, 0.15) is 18.2 Å². The second-order valence-corrected chi connectivity index (χ2v) is 4.67. The topological polar surface area (TPSA) is 80.6 Å². The largest absolute Gasteiger partial charge is 0.484 e. The van der Waals surface area contributed by atoms with Gasteiger partial charge in [-0.15, -0.1) is 0 Å². The van der Waals surface area contributed by atoms with E-state index in [1.807, 2.05) is 12.1 Å². The van der Waals surface area contributed by atoms with E-state index >= 15 is 0 Å². The predicted octanol–water partition coefficient (Wildman–Crippen LogP) is 2.08. The van der Waals surface area contributed by atoms with Gasteiger partial charge in [0.05, 0.1) is 6.26 Å². The third-order valence-corrected chi connectivity index (χ3v) is 2.97. The molecule has 0 aliphatic rings. The fourth-order valence-electron chi connectivity index (χ4n) is 1.72. The van der Waals surface area contributed by atoms with Gasteiger partial charge >= 0.3 is 0 Å². The van der Waals surface area contributed by atoms with Gasteiger partial charge in [-0.05, 0) is 42.3 Å². The van der Waals surface area contributed by atoms with Gasteiger partial charge in [-0.1, -0.05) is 19.1 Å². The van der Waals surface area contributed by atoms with Crippen molar-refractivity contribution in [1.29, 1.82) is 0 Å². The summed E-state index contributed by atoms with van der Waals surface area (Å²) in [5.74, 6) is 0.220. The van der Waals surface area contributed by atoms with Gasteiger partial charge < -0.3 is 9.15 Å². The number of furan rings is 1. The van der Waals surface area contributed by atoms with Gasteiger partial charge in [0.1, 0.15) is 11.5 Å². The molecule has 0 bridgehead atoms. The first-order valence-electron chi connectivity index (χ1n) is 7.19. The third kappa shape index (κ3) is 5.70. The SMILES string of the molecule is CCc1ccc(OCC(=O)NNC(=O)/C=C/c2ccco2)cc1. The second kappa shape index (κ2) is 8.43. The van der Waals surface area contributed by atoms with Gasteiger partial charge in [0.25, 0.3) is 11.8 Å². The maximum Gasteiger partial charge on any atom is 0.276 e. The van der Waals surface area contributed by atoms with Gasteiger partial charge in [-0.25, -0.2) is 0 Å². The van der Waals surface area contributed by atoms with Crippen molar-refractivity contribution in [2.24, 2.45) is 0 Å². The zero-order valence-corrected chi connectivity index (χ0v) is 12.7. The second-order valence-electron chi connectivity index (χ2n) is 4.67. The molecule has 1 aromatic carbocycles. The Balaban J connectivity index is 1.69. The van der Waals surface area contributed by atoms with Crippen molar-refractivity contribution < 1.29 is 18.7 Å². The van der Waals surface area contributed by atoms with Gasteiger partial charge in [-0.2, -0.15) is 0 Å². The Hall–Kier alpha value is -3.02. The minimum Gasteiger partial charge on any atom is -0.484 e. The van der Waals surface area contributed by atoms with E-state index in [2.05, 4.69) is 17.8 Å². The summed E-state index contributed by atoms with van der Waals surface area (Å²) in [6, 6.07) is 10.9. The lowest BCUT2D eigenvalue weighted by atomic mass is 10.2. The molecule has 0 atom stereocenters. The van der Waals surface area contributed by atoms with Crippen LogP contribution in [0.5, 0.6) is 5.75 Å². The van der Waals surface area contributed by atoms with Crippen LogP contribution in [0.3, 0.4) is 0 Å². The van der Waals surface area contributed by atoms with Crippen molar-refractivity contribution in [3.8, 4) is 5.75 Å². The minimum absolute atomic E-state index is 0.187. The van der Waals surface area contributed by atoms with E-state index in [9.17, 15) is 9.59 Å². The highest BCUT2D eigenvalue weighted by molar-refractivity contribution is 5.92. The molecule has 0 unspecified atom stereocenters. The number of carbonyl (C=O) groups is 2. The molecule has 120 valence electrons. The summed E-state index contributed by atoms with van der Waals surface area (Å²) in [7, 11) is 0. The summed E-state index contributed by atoms with van der Waals surface area (Å²) in [4.78, 5) is 23.1. The van der Waals surface area contributed by atoms with Crippen molar-refractivity contribution in [3.05, 3.63) is 60.1 Å². The van der Waals surface area contributed by atoms with E-state index in [-0.39, 0.29) is 6.61 Å². The maximum absolute atomic E-state index is 11.6. The average molecular weight is 314 g/mol. The predicted molar refractivity (Wildman–Crippen MR) is 85.3 cm³/mol. The molecule has 6 heteroatoms. The zero-order valence-electron chi connectivity index (χ0n) is 12.7. The van der Waals surface area contributed by atoms with Crippen LogP contribution in [0.2, 0.25) is 0 Å². The van der Waals surface area contributed by atoms with Crippen molar-refractivity contribution in [2.75, 3.05) is 6.61 Å². The van der Waals surface area contributed by atoms with Crippen molar-refractivity contribution >= 4 is 17.9 Å². The molecular weight excluding hydrogens is 296 g/mol. The molecule has 2 rings (SSSR count). The number of hydrazine groups is 1. The van der Waals surface area contributed by atoms with Gasteiger partial charge in [0.15, 0.2) is 6.61 Å². The Morgan fingerprint density at radius 2 is 1.96 bits per heavy atom. The van der Waals surface area contributed by atoms with Crippen molar-refractivity contribution in [1.82, 2.24) is 10.9 Å². The van der Waals surface area contributed by atoms with Gasteiger partial charge in [0.2, 0.25) is 0 Å². The molecule has 2 N–H and O–H groups in total. The molecule has 1 heterocycles. The first-order chi connectivity index (χ1) is 11.2. The summed E-state index contributed by atoms with van der Waals surface area (Å²) in [6.07, 6.45) is 5.19. The molecule has 0 saturated carbocycles. The highest BCUT2D eigenvalue weighted by atomic mass is 16.5. The Labute approximate surface area is 134 Å². The van der Waals surface area contributed by atoms with Crippen LogP contribution in [0, 0.1) is 0 Å². The van der Waals surface area contributed by atoms with Crippen molar-refractivity contribution in [3.63, 3.8) is 0 Å². The summed E-state index contributed by atoms with van der Waals surface area (Å²) in [5, 5.41) is 0. The summed E-state index contributed by atoms with van der Waals surface area (Å²) >= 11 is 0. The van der Waals surface area contributed by atoms with Crippen LogP contribution in [0.4, 0.5) is 0 Å². The Morgan fingerprint density at radius 3 is 2.61 bits per heavy atom. The van der Waals surface area contributed by atoms with Crippen LogP contribution in [-0.2, 0) is 16.0 Å². The number of ether oxygens (including phenoxy) is 1. The van der Waals surface area contributed by atoms with E-state index in [0.717, 1.165) is 6.42 Å². The normalized spacial score (nSPS) is 10.5. The molecule has 0 spiro atoms. The van der Waals surface area contributed by atoms with Crippen LogP contribution in [0.25, 0.3) is 6.08 Å². The lowest BCUT2D eigenvalue weighted by molar-refractivity contribution is -0.128. The molecule has 23 heavy (non-hydrogen) atoms. The number of carbonyl (C=O) groups excluding carboxylic acids is 2. The summed E-state index contributed by atoms with van der Waals surface area (Å²) in [6.45, 7) is 1.87. The molecule has 2 amide bonds. The Kier molecular flexibility index (Phi) is 5.99. The fraction of sp³-hybridized carbons (Fsp3) is 0.176. The average Bonchev–Trinajstić information content (AvgIpc) is 3.10. The smallest absolute Gasteiger partial charge is 0.276 e. The Bertz CT molecular complexity index is 660. The van der Waals surface area contributed by atoms with E-state index in [0.29, 0.717) is 11.5 Å². The Morgan fingerprint density at radius 1 is 1.17 bits per heavy atom. The van der Waals surface area contributed by atoms with Gasteiger partial charge in [0, 0.05) is 6.08 Å². The number of nitrogens with one attached hydrogen (secondary N) is 2. The maximum atomic E-state index is 11.6. The van der Waals surface area contributed by atoms with Gasteiger partial charge in [-0.3, -0.25) is 20.4 Å². The molecule has 0 aliphatic heterocycles. The standard InChI is InChI=1S/C17H18N2O4/c1-2-13-5-7-15(8-6-13)23-12-17(21)19-18-16(20)10-9-14-4-3-11-22-14/h3-11H,2,12H2,1H3,(H,18,20)(H,19,21)/b10-9+. The van der Waals surface area contributed by atoms with E-state index in [4.69, 9.17) is 9.15 Å². The molecule has 0 aliphatic carbocycles. The van der Waals surface area contributed by atoms with Crippen LogP contribution >= 0.6 is 0 Å². The number of hydrogen-bond acceptors (Lipinski definition) is 4. The van der Waals surface area contributed by atoms with Crippen LogP contribution < -0.4 is 15.6 Å². The first-order valence-corrected chi connectivity index (χ1v) is 7.19. The number of rotatable bonds is 6. The highest BCUT2D eigenvalue weighted by Crippen LogP contribution is 2.12.